The number of nitrogens with two attached hydrogens (primary N) is 1. The van der Waals surface area contributed by atoms with Crippen molar-refractivity contribution >= 4 is 93.0 Å². The molecule has 0 saturated carbocycles. The van der Waals surface area contributed by atoms with E-state index in [1.807, 2.05) is 103 Å². The van der Waals surface area contributed by atoms with Crippen molar-refractivity contribution < 1.29 is 19.0 Å². The number of hydrogen-bond donors (Lipinski definition) is 6. The van der Waals surface area contributed by atoms with Gasteiger partial charge in [0.25, 0.3) is 0 Å². The second-order valence-corrected chi connectivity index (χ2v) is 23.2. The molecule has 13 rings (SSSR count). The van der Waals surface area contributed by atoms with Gasteiger partial charge in [-0.1, -0.05) is 0 Å². The lowest BCUT2D eigenvalue weighted by Gasteiger charge is -2.35. The Morgan fingerprint density at radius 3 is 1.53 bits per heavy atom. The fourth-order valence-corrected chi connectivity index (χ4v) is 10.9. The number of benzene rings is 3. The lowest BCUT2D eigenvalue weighted by Crippen LogP contribution is -2.47. The quantitative estimate of drug-likeness (QED) is 0.0388. The lowest BCUT2D eigenvalue weighted by atomic mass is 9.98. The first kappa shape index (κ1) is 59.5. The largest absolute Gasteiger partial charge is 0.492 e. The van der Waals surface area contributed by atoms with Gasteiger partial charge in [-0.25, -0.2) is 39.9 Å². The number of aromatic amines is 4. The predicted octanol–water partition coefficient (Wildman–Crippen LogP) is 9.66. The minimum absolute atomic E-state index is 0.0352. The highest BCUT2D eigenvalue weighted by molar-refractivity contribution is 9.11. The minimum Gasteiger partial charge on any atom is -0.492 e. The standard InChI is InChI=1S/C22H22BrN7O.C20H22BrN5O2.C19H19BrN6O/c23-17-13-19-22(26-14-17)28-21(27-19)16-1-3-18(4-2-16)31-12-11-29-7-9-30(10-8-29)20-15-24-5-6-25-20;21-15-10-17-20(23-11-15)25-19(24-17)13-3-5-16(6-4-13)28-9-8-26-7-1-2-14(12-26)18(22)27;20-14-9-17-19(23-10-14)26-18(25-17)13-1-3-16(4-2-13)27-8-7-21-6-5-15-11-22-12-24-15/h1-6,13-15H,7-12H2,(H,26,27,28);3-6,10-11,14H,1-2,7-9,12H2,(H2,22,27)(H,23,24,25);1-4,9-12,21H,5-8H2,(H,22,24)(H,23,25,26). The summed E-state index contributed by atoms with van der Waals surface area (Å²) in [6.07, 6.45) is 16.9. The van der Waals surface area contributed by atoms with Gasteiger partial charge in [-0.15, -0.1) is 0 Å². The molecule has 0 radical (unpaired) electrons. The molecule has 1 atom stereocenters. The number of likely N-dealkylation sites (tertiary alicyclic amines) is 1. The van der Waals surface area contributed by atoms with Crippen molar-refractivity contribution in [2.24, 2.45) is 11.7 Å². The third-order valence-corrected chi connectivity index (χ3v) is 15.8. The third kappa shape index (κ3) is 16.4. The highest BCUT2D eigenvalue weighted by Crippen LogP contribution is 2.27. The summed E-state index contributed by atoms with van der Waals surface area (Å²) in [6.45, 7) is 10.8. The molecule has 0 aliphatic carbocycles. The second kappa shape index (κ2) is 29.3. The van der Waals surface area contributed by atoms with E-state index < -0.39 is 0 Å². The number of imidazole rings is 4. The van der Waals surface area contributed by atoms with E-state index >= 15 is 0 Å². The summed E-state index contributed by atoms with van der Waals surface area (Å²) in [4.78, 5) is 70.3. The molecule has 442 valence electrons. The number of nitrogens with zero attached hydrogens (tertiary/aromatic N) is 12. The van der Waals surface area contributed by atoms with Crippen molar-refractivity contribution in [3.63, 3.8) is 0 Å². The molecule has 11 aromatic rings. The van der Waals surface area contributed by atoms with Gasteiger partial charge in [-0.2, -0.15) is 0 Å². The summed E-state index contributed by atoms with van der Waals surface area (Å²) in [5.41, 5.74) is 14.3. The number of fused-ring (bicyclic) bond motifs is 3. The van der Waals surface area contributed by atoms with E-state index in [1.54, 1.807) is 37.3 Å². The summed E-state index contributed by atoms with van der Waals surface area (Å²) < 4.78 is 20.4. The highest BCUT2D eigenvalue weighted by atomic mass is 79.9. The zero-order valence-electron chi connectivity index (χ0n) is 46.9. The van der Waals surface area contributed by atoms with E-state index in [1.165, 1.54) is 0 Å². The van der Waals surface area contributed by atoms with Crippen LogP contribution < -0.4 is 30.2 Å². The normalized spacial score (nSPS) is 14.6. The van der Waals surface area contributed by atoms with E-state index in [0.717, 1.165) is 178 Å². The van der Waals surface area contributed by atoms with Crippen LogP contribution in [0.1, 0.15) is 18.5 Å². The number of aromatic nitrogens is 13. The smallest absolute Gasteiger partial charge is 0.221 e. The number of halogens is 3. The molecule has 25 heteroatoms. The minimum atomic E-state index is -0.200. The molecule has 86 heavy (non-hydrogen) atoms. The molecular formula is C61H63Br3N18O4. The predicted molar refractivity (Wildman–Crippen MR) is 342 cm³/mol. The zero-order chi connectivity index (χ0) is 59.0. The van der Waals surface area contributed by atoms with E-state index in [-0.39, 0.29) is 11.8 Å². The van der Waals surface area contributed by atoms with E-state index in [4.69, 9.17) is 19.9 Å². The lowest BCUT2D eigenvalue weighted by molar-refractivity contribution is -0.123. The molecule has 1 amide bonds. The van der Waals surface area contributed by atoms with Crippen LogP contribution in [-0.4, -0.2) is 166 Å². The number of amides is 1. The van der Waals surface area contributed by atoms with Crippen LogP contribution in [0.3, 0.4) is 0 Å². The van der Waals surface area contributed by atoms with Gasteiger partial charge in [0.1, 0.15) is 60.4 Å². The molecule has 3 aromatic carbocycles. The molecular weight excluding hydrogens is 1290 g/mol. The fraction of sp³-hybridized carbons (Fsp3) is 0.279. The maximum atomic E-state index is 11.4. The summed E-state index contributed by atoms with van der Waals surface area (Å²) >= 11 is 10.3. The van der Waals surface area contributed by atoms with Crippen LogP contribution in [-0.2, 0) is 11.2 Å². The Bertz CT molecular complexity index is 3920. The van der Waals surface area contributed by atoms with Crippen molar-refractivity contribution in [1.82, 2.24) is 79.9 Å². The summed E-state index contributed by atoms with van der Waals surface area (Å²) in [7, 11) is 0. The maximum absolute atomic E-state index is 11.4. The van der Waals surface area contributed by atoms with E-state index in [9.17, 15) is 4.79 Å². The van der Waals surface area contributed by atoms with Crippen LogP contribution >= 0.6 is 47.8 Å². The first-order valence-corrected chi connectivity index (χ1v) is 30.6. The number of nitrogens with one attached hydrogen (secondary N) is 5. The molecule has 0 spiro atoms. The number of piperazine rings is 1. The Labute approximate surface area is 521 Å². The Kier molecular flexibility index (Phi) is 20.3. The maximum Gasteiger partial charge on any atom is 0.221 e. The molecule has 2 aliphatic rings. The molecule has 2 aliphatic heterocycles. The first-order chi connectivity index (χ1) is 42.1. The zero-order valence-corrected chi connectivity index (χ0v) is 51.6. The molecule has 0 bridgehead atoms. The average Bonchev–Trinajstić information content (AvgIpc) is 4.54. The van der Waals surface area contributed by atoms with E-state index in [0.29, 0.717) is 36.8 Å². The van der Waals surface area contributed by atoms with Gasteiger partial charge in [0.15, 0.2) is 16.9 Å². The summed E-state index contributed by atoms with van der Waals surface area (Å²) in [5.74, 6) is 5.59. The molecule has 8 aromatic heterocycles. The first-order valence-electron chi connectivity index (χ1n) is 28.3. The third-order valence-electron chi connectivity index (χ3n) is 14.5. The average molecular weight is 1350 g/mol. The Morgan fingerprint density at radius 1 is 0.570 bits per heavy atom. The molecule has 2 fully saturated rings. The summed E-state index contributed by atoms with van der Waals surface area (Å²) in [6, 6.07) is 29.6. The second-order valence-electron chi connectivity index (χ2n) is 20.5. The van der Waals surface area contributed by atoms with E-state index in [2.05, 4.69) is 133 Å². The Morgan fingerprint density at radius 2 is 1.07 bits per heavy atom. The van der Waals surface area contributed by atoms with Crippen LogP contribution in [0, 0.1) is 5.92 Å². The number of hydrogen-bond acceptors (Lipinski definition) is 17. The van der Waals surface area contributed by atoms with Crippen LogP contribution in [0.4, 0.5) is 5.82 Å². The number of carbonyl (C=O) groups excluding carboxylic acids is 1. The van der Waals surface area contributed by atoms with Crippen molar-refractivity contribution in [2.45, 2.75) is 19.3 Å². The van der Waals surface area contributed by atoms with Crippen LogP contribution in [0.15, 0.2) is 154 Å². The fourth-order valence-electron chi connectivity index (χ4n) is 9.90. The number of anilines is 1. The number of rotatable bonds is 20. The van der Waals surface area contributed by atoms with Crippen LogP contribution in [0.2, 0.25) is 0 Å². The number of pyridine rings is 3. The van der Waals surface area contributed by atoms with Crippen molar-refractivity contribution in [3.05, 3.63) is 160 Å². The van der Waals surface area contributed by atoms with Crippen molar-refractivity contribution in [2.75, 3.05) is 90.2 Å². The number of H-pyrrole nitrogens is 4. The number of carbonyl (C=O) groups is 1. The number of piperidine rings is 1. The summed E-state index contributed by atoms with van der Waals surface area (Å²) in [5, 5.41) is 3.35. The molecule has 7 N–H and O–H groups in total. The topological polar surface area (TPSA) is 272 Å². The van der Waals surface area contributed by atoms with Crippen LogP contribution in [0.25, 0.3) is 67.7 Å². The molecule has 1 unspecified atom stereocenters. The molecule has 10 heterocycles. The van der Waals surface area contributed by atoms with Crippen molar-refractivity contribution in [3.8, 4) is 51.4 Å². The van der Waals surface area contributed by atoms with Gasteiger partial charge < -0.3 is 50.1 Å². The van der Waals surface area contributed by atoms with Gasteiger partial charge in [0.2, 0.25) is 5.91 Å². The highest BCUT2D eigenvalue weighted by Gasteiger charge is 2.24. The van der Waals surface area contributed by atoms with Gasteiger partial charge in [0.05, 0.1) is 35.0 Å². The number of ether oxygens (including phenoxy) is 3. The van der Waals surface area contributed by atoms with Gasteiger partial charge in [-0.05, 0) is 158 Å². The molecule has 2 saturated heterocycles. The SMILES string of the molecule is Brc1cnc2nc(-c3ccc(OCCN4CCN(c5cnccn5)CC4)cc3)[nH]c2c1.Brc1cnc2nc(-c3ccc(OCCNCCc4cnc[nH]4)cc3)[nH]c2c1.NC(=O)C1CCCN(CCOc2ccc(-c3nc4ncc(Br)cc4[nH]3)cc2)C1. The number of primary amides is 1. The Hall–Kier alpha value is -8.20. The van der Waals surface area contributed by atoms with Gasteiger partial charge in [-0.3, -0.25) is 19.6 Å². The van der Waals surface area contributed by atoms with Crippen molar-refractivity contribution in [1.29, 1.82) is 0 Å². The van der Waals surface area contributed by atoms with Gasteiger partial charge in [0, 0.05) is 138 Å². The Balaban J connectivity index is 0.000000134. The molecule has 22 nitrogen and oxygen atoms in total. The monoisotopic (exact) mass is 1350 g/mol. The van der Waals surface area contributed by atoms with Crippen LogP contribution in [0.5, 0.6) is 17.2 Å². The van der Waals surface area contributed by atoms with Gasteiger partial charge >= 0.3 is 0 Å².